The number of halogens is 2. The topological polar surface area (TPSA) is 38.3 Å². The van der Waals surface area contributed by atoms with Gasteiger partial charge < -0.3 is 10.1 Å². The molecule has 0 radical (unpaired) electrons. The molecule has 1 fully saturated rings. The van der Waals surface area contributed by atoms with Crippen molar-refractivity contribution >= 4 is 28.5 Å². The molecular weight excluding hydrogens is 396 g/mol. The maximum atomic E-state index is 13.3. The summed E-state index contributed by atoms with van der Waals surface area (Å²) >= 11 is 2.24. The molecule has 1 heterocycles. The zero-order chi connectivity index (χ0) is 15.3. The summed E-state index contributed by atoms with van der Waals surface area (Å²) in [6.07, 6.45) is -0.132. The van der Waals surface area contributed by atoms with Gasteiger partial charge in [-0.1, -0.05) is 12.1 Å². The second-order valence-electron chi connectivity index (χ2n) is 5.66. The van der Waals surface area contributed by atoms with Crippen LogP contribution in [-0.4, -0.2) is 12.0 Å². The first-order valence-corrected chi connectivity index (χ1v) is 8.19. The summed E-state index contributed by atoms with van der Waals surface area (Å²) < 4.78 is 20.2. The van der Waals surface area contributed by atoms with E-state index in [4.69, 9.17) is 4.74 Å². The summed E-state index contributed by atoms with van der Waals surface area (Å²) in [4.78, 5) is 12.3. The molecule has 112 valence electrons. The Bertz CT molecular complexity index is 764. The Morgan fingerprint density at radius 1 is 1.27 bits per heavy atom. The molecule has 2 aliphatic rings. The van der Waals surface area contributed by atoms with Crippen molar-refractivity contribution in [2.75, 3.05) is 0 Å². The van der Waals surface area contributed by atoms with Gasteiger partial charge in [0.1, 0.15) is 17.7 Å². The Morgan fingerprint density at radius 2 is 2.14 bits per heavy atom. The van der Waals surface area contributed by atoms with Crippen LogP contribution in [0.5, 0.6) is 5.75 Å². The molecule has 22 heavy (non-hydrogen) atoms. The average Bonchev–Trinajstić information content (AvgIpc) is 3.10. The van der Waals surface area contributed by atoms with Crippen molar-refractivity contribution in [2.24, 2.45) is 5.92 Å². The van der Waals surface area contributed by atoms with Gasteiger partial charge in [0.25, 0.3) is 0 Å². The summed E-state index contributed by atoms with van der Waals surface area (Å²) in [5, 5.41) is 2.95. The van der Waals surface area contributed by atoms with Gasteiger partial charge in [0.05, 0.1) is 5.92 Å². The van der Waals surface area contributed by atoms with Crippen molar-refractivity contribution in [3.05, 3.63) is 63.0 Å². The highest BCUT2D eigenvalue weighted by atomic mass is 127. The molecule has 3 atom stereocenters. The van der Waals surface area contributed by atoms with Crippen LogP contribution >= 0.6 is 22.6 Å². The molecule has 4 rings (SSSR count). The van der Waals surface area contributed by atoms with Crippen molar-refractivity contribution < 1.29 is 13.9 Å². The van der Waals surface area contributed by atoms with E-state index in [1.807, 2.05) is 24.3 Å². The Morgan fingerprint density at radius 3 is 2.95 bits per heavy atom. The van der Waals surface area contributed by atoms with Crippen LogP contribution in [0, 0.1) is 15.3 Å². The number of hydrogen-bond donors (Lipinski definition) is 1. The highest BCUT2D eigenvalue weighted by molar-refractivity contribution is 14.1. The number of rotatable bonds is 3. The molecule has 0 bridgehead atoms. The quantitative estimate of drug-likeness (QED) is 0.791. The average molecular weight is 409 g/mol. The molecular formula is C17H13FINO2. The van der Waals surface area contributed by atoms with Gasteiger partial charge in [0.15, 0.2) is 0 Å². The third kappa shape index (κ3) is 2.37. The largest absolute Gasteiger partial charge is 0.489 e. The number of amides is 1. The first-order valence-electron chi connectivity index (χ1n) is 7.12. The highest BCUT2D eigenvalue weighted by Crippen LogP contribution is 2.58. The number of nitrogens with one attached hydrogen (secondary N) is 1. The minimum atomic E-state index is -0.284. The maximum absolute atomic E-state index is 13.3. The van der Waals surface area contributed by atoms with Gasteiger partial charge in [-0.05, 0) is 58.5 Å². The highest BCUT2D eigenvalue weighted by Gasteiger charge is 2.62. The first-order chi connectivity index (χ1) is 10.6. The standard InChI is InChI=1S/C17H13FINO2/c18-10-4-5-13-12(7-10)14-15(16(14)22-13)17(21)20-8-9-2-1-3-11(19)6-9/h1-7,14-16H,8H2,(H,20,21). The summed E-state index contributed by atoms with van der Waals surface area (Å²) in [6.45, 7) is 0.502. The molecule has 3 unspecified atom stereocenters. The second-order valence-corrected chi connectivity index (χ2v) is 6.91. The fourth-order valence-electron chi connectivity index (χ4n) is 3.10. The minimum absolute atomic E-state index is 0.00149. The lowest BCUT2D eigenvalue weighted by atomic mass is 10.1. The van der Waals surface area contributed by atoms with Gasteiger partial charge in [0.2, 0.25) is 5.91 Å². The van der Waals surface area contributed by atoms with Crippen LogP contribution in [0.1, 0.15) is 17.0 Å². The Kier molecular flexibility index (Phi) is 3.32. The molecule has 0 aromatic heterocycles. The Hall–Kier alpha value is -1.63. The zero-order valence-corrected chi connectivity index (χ0v) is 13.7. The van der Waals surface area contributed by atoms with E-state index < -0.39 is 0 Å². The van der Waals surface area contributed by atoms with Crippen molar-refractivity contribution in [1.82, 2.24) is 5.32 Å². The normalized spacial score (nSPS) is 24.2. The molecule has 1 aliphatic heterocycles. The van der Waals surface area contributed by atoms with Crippen molar-refractivity contribution in [2.45, 2.75) is 18.6 Å². The lowest BCUT2D eigenvalue weighted by Gasteiger charge is -2.09. The summed E-state index contributed by atoms with van der Waals surface area (Å²) in [5.41, 5.74) is 1.89. The third-order valence-electron chi connectivity index (χ3n) is 4.21. The van der Waals surface area contributed by atoms with E-state index in [1.54, 1.807) is 6.07 Å². The molecule has 2 aromatic carbocycles. The third-order valence-corrected chi connectivity index (χ3v) is 4.88. The predicted molar refractivity (Wildman–Crippen MR) is 88.1 cm³/mol. The fraction of sp³-hybridized carbons (Fsp3) is 0.235. The van der Waals surface area contributed by atoms with E-state index >= 15 is 0 Å². The smallest absolute Gasteiger partial charge is 0.227 e. The van der Waals surface area contributed by atoms with Crippen LogP contribution < -0.4 is 10.1 Å². The number of carbonyl (C=O) groups excluding carboxylic acids is 1. The Balaban J connectivity index is 1.42. The van der Waals surface area contributed by atoms with E-state index in [9.17, 15) is 9.18 Å². The SMILES string of the molecule is O=C(NCc1cccc(I)c1)C1C2Oc3ccc(F)cc3C21. The summed E-state index contributed by atoms with van der Waals surface area (Å²) in [5.74, 6) is 0.202. The monoisotopic (exact) mass is 409 g/mol. The molecule has 1 aliphatic carbocycles. The van der Waals surface area contributed by atoms with E-state index in [0.29, 0.717) is 12.3 Å². The lowest BCUT2D eigenvalue weighted by molar-refractivity contribution is -0.123. The molecule has 5 heteroatoms. The van der Waals surface area contributed by atoms with Crippen LogP contribution in [0.4, 0.5) is 4.39 Å². The molecule has 2 aromatic rings. The molecule has 0 saturated heterocycles. The summed E-state index contributed by atoms with van der Waals surface area (Å²) in [7, 11) is 0. The van der Waals surface area contributed by atoms with Gasteiger partial charge in [-0.15, -0.1) is 0 Å². The van der Waals surface area contributed by atoms with Crippen LogP contribution in [0.15, 0.2) is 42.5 Å². The van der Waals surface area contributed by atoms with Gasteiger partial charge in [-0.25, -0.2) is 4.39 Å². The van der Waals surface area contributed by atoms with Crippen molar-refractivity contribution in [3.8, 4) is 5.75 Å². The number of hydrogen-bond acceptors (Lipinski definition) is 2. The van der Waals surface area contributed by atoms with Gasteiger partial charge in [0, 0.05) is 21.6 Å². The van der Waals surface area contributed by atoms with Gasteiger partial charge in [-0.3, -0.25) is 4.79 Å². The van der Waals surface area contributed by atoms with Crippen molar-refractivity contribution in [1.29, 1.82) is 0 Å². The Labute approximate surface area is 141 Å². The van der Waals surface area contributed by atoms with E-state index in [-0.39, 0.29) is 29.7 Å². The second kappa shape index (κ2) is 5.22. The van der Waals surface area contributed by atoms with E-state index in [1.165, 1.54) is 12.1 Å². The van der Waals surface area contributed by atoms with Crippen molar-refractivity contribution in [3.63, 3.8) is 0 Å². The van der Waals surface area contributed by atoms with Crippen LogP contribution in [0.25, 0.3) is 0 Å². The number of fused-ring (bicyclic) bond motifs is 3. The first kappa shape index (κ1) is 14.0. The zero-order valence-electron chi connectivity index (χ0n) is 11.6. The predicted octanol–water partition coefficient (Wildman–Crippen LogP) is 3.22. The number of carbonyl (C=O) groups is 1. The fourth-order valence-corrected chi connectivity index (χ4v) is 3.71. The minimum Gasteiger partial charge on any atom is -0.489 e. The number of benzene rings is 2. The number of ether oxygens (including phenoxy) is 1. The van der Waals surface area contributed by atoms with Crippen LogP contribution in [0.3, 0.4) is 0 Å². The lowest BCUT2D eigenvalue weighted by Crippen LogP contribution is -2.27. The molecule has 3 nitrogen and oxygen atoms in total. The molecule has 1 N–H and O–H groups in total. The van der Waals surface area contributed by atoms with Crippen LogP contribution in [0.2, 0.25) is 0 Å². The summed E-state index contributed by atoms with van der Waals surface area (Å²) in [6, 6.07) is 12.5. The molecule has 0 spiro atoms. The molecule has 1 amide bonds. The van der Waals surface area contributed by atoms with Crippen LogP contribution in [-0.2, 0) is 11.3 Å². The van der Waals surface area contributed by atoms with E-state index in [0.717, 1.165) is 14.7 Å². The van der Waals surface area contributed by atoms with Gasteiger partial charge >= 0.3 is 0 Å². The maximum Gasteiger partial charge on any atom is 0.227 e. The molecule has 1 saturated carbocycles. The van der Waals surface area contributed by atoms with E-state index in [2.05, 4.69) is 27.9 Å². The van der Waals surface area contributed by atoms with Gasteiger partial charge in [-0.2, -0.15) is 0 Å².